The number of ether oxygens (including phenoxy) is 1. The van der Waals surface area contributed by atoms with Gasteiger partial charge in [-0.2, -0.15) is 0 Å². The number of esters is 1. The van der Waals surface area contributed by atoms with Crippen molar-refractivity contribution in [2.75, 3.05) is 19.7 Å². The smallest absolute Gasteiger partial charge is 0.350 e. The highest BCUT2D eigenvalue weighted by Crippen LogP contribution is 2.20. The average molecular weight is 422 g/mol. The minimum atomic E-state index is -3.95. The largest absolute Gasteiger partial charge is 0.462 e. The molecule has 0 spiro atoms. The molecule has 0 heterocycles. The molecule has 0 N–H and O–H groups in total. The fraction of sp³-hybridized carbons (Fsp3) is 0.522. The highest BCUT2D eigenvalue weighted by molar-refractivity contribution is 7.96. The fourth-order valence-corrected chi connectivity index (χ4v) is 4.10. The second-order valence-corrected chi connectivity index (χ2v) is 8.73. The lowest BCUT2D eigenvalue weighted by molar-refractivity contribution is -0.138. The number of sulfone groups is 1. The Labute approximate surface area is 176 Å². The van der Waals surface area contributed by atoms with Crippen LogP contribution in [0.25, 0.3) is 0 Å². The zero-order chi connectivity index (χ0) is 21.5. The molecule has 162 valence electrons. The third kappa shape index (κ3) is 8.86. The Hall–Kier alpha value is -2.08. The van der Waals surface area contributed by atoms with E-state index in [4.69, 9.17) is 4.74 Å². The quantitative estimate of drug-likeness (QED) is 0.181. The normalized spacial score (nSPS) is 12.3. The van der Waals surface area contributed by atoms with E-state index in [0.717, 1.165) is 32.4 Å². The monoisotopic (exact) mass is 421 g/mol. The van der Waals surface area contributed by atoms with Gasteiger partial charge in [0.1, 0.15) is 0 Å². The van der Waals surface area contributed by atoms with Crippen LogP contribution < -0.4 is 0 Å². The van der Waals surface area contributed by atoms with Crippen molar-refractivity contribution in [1.82, 2.24) is 4.90 Å². The highest BCUT2D eigenvalue weighted by Gasteiger charge is 2.27. The Bertz CT molecular complexity index is 750. The van der Waals surface area contributed by atoms with Crippen molar-refractivity contribution in [2.24, 2.45) is 0 Å². The van der Waals surface area contributed by atoms with Gasteiger partial charge < -0.3 is 9.64 Å². The zero-order valence-corrected chi connectivity index (χ0v) is 18.8. The molecule has 0 radical (unpaired) electrons. The number of allylic oxidation sites excluding steroid dienone is 2. The van der Waals surface area contributed by atoms with Crippen molar-refractivity contribution in [3.05, 3.63) is 53.6 Å². The van der Waals surface area contributed by atoms with E-state index >= 15 is 0 Å². The molecular formula is C23H35NO4S. The number of rotatable bonds is 14. The molecule has 0 atom stereocenters. The molecule has 0 unspecified atom stereocenters. The first-order valence-corrected chi connectivity index (χ1v) is 12.0. The highest BCUT2D eigenvalue weighted by atomic mass is 32.2. The summed E-state index contributed by atoms with van der Waals surface area (Å²) >= 11 is 0. The molecule has 0 aliphatic rings. The minimum Gasteiger partial charge on any atom is -0.462 e. The Balaban J connectivity index is 2.89. The predicted octanol–water partition coefficient (Wildman–Crippen LogP) is 5.10. The van der Waals surface area contributed by atoms with Gasteiger partial charge in [0.2, 0.25) is 9.84 Å². The maximum absolute atomic E-state index is 13.0. The van der Waals surface area contributed by atoms with Crippen molar-refractivity contribution >= 4 is 15.8 Å². The number of hydrogen-bond donors (Lipinski definition) is 0. The van der Waals surface area contributed by atoms with Crippen LogP contribution >= 0.6 is 0 Å². The van der Waals surface area contributed by atoms with Gasteiger partial charge >= 0.3 is 5.97 Å². The number of unbranched alkanes of at least 4 members (excludes halogenated alkanes) is 5. The second-order valence-electron chi connectivity index (χ2n) is 6.81. The van der Waals surface area contributed by atoms with Crippen molar-refractivity contribution < 1.29 is 17.9 Å². The van der Waals surface area contributed by atoms with E-state index in [0.29, 0.717) is 0 Å². The van der Waals surface area contributed by atoms with Gasteiger partial charge in [-0.15, -0.1) is 0 Å². The minimum absolute atomic E-state index is 0.0824. The van der Waals surface area contributed by atoms with Crippen molar-refractivity contribution in [2.45, 2.75) is 64.2 Å². The van der Waals surface area contributed by atoms with Crippen LogP contribution in [-0.2, 0) is 19.4 Å². The fourth-order valence-electron chi connectivity index (χ4n) is 2.80. The molecule has 0 aromatic heterocycles. The summed E-state index contributed by atoms with van der Waals surface area (Å²) < 4.78 is 31.3. The van der Waals surface area contributed by atoms with Crippen LogP contribution in [0.5, 0.6) is 0 Å². The molecule has 29 heavy (non-hydrogen) atoms. The van der Waals surface area contributed by atoms with Crippen LogP contribution in [0.15, 0.2) is 58.5 Å². The van der Waals surface area contributed by atoms with E-state index in [-0.39, 0.29) is 16.4 Å². The molecule has 0 saturated carbocycles. The standard InChI is InChI=1S/C23H35NO4S/c1-4-7-8-9-10-14-20-28-23(25)22(18-15-19-24(5-2)6-3)29(26,27)21-16-12-11-13-17-21/h11-13,15-19H,4-10,14,20H2,1-3H3/b19-15?,22-18+. The lowest BCUT2D eigenvalue weighted by Crippen LogP contribution is -2.18. The average Bonchev–Trinajstić information content (AvgIpc) is 2.73. The SMILES string of the molecule is CCCCCCCCOC(=O)/C(=C\C=CN(CC)CC)S(=O)(=O)c1ccccc1. The number of carbonyl (C=O) groups excluding carboxylic acids is 1. The van der Waals surface area contributed by atoms with Gasteiger partial charge in [0.05, 0.1) is 11.5 Å². The molecule has 0 fully saturated rings. The van der Waals surface area contributed by atoms with Crippen molar-refractivity contribution in [3.8, 4) is 0 Å². The molecule has 6 heteroatoms. The van der Waals surface area contributed by atoms with Gasteiger partial charge in [-0.25, -0.2) is 13.2 Å². The molecule has 1 aromatic rings. The van der Waals surface area contributed by atoms with Gasteiger partial charge in [0.15, 0.2) is 4.91 Å². The lowest BCUT2D eigenvalue weighted by atomic mass is 10.1. The van der Waals surface area contributed by atoms with Crippen LogP contribution in [0, 0.1) is 0 Å². The van der Waals surface area contributed by atoms with Gasteiger partial charge in [-0.1, -0.05) is 57.2 Å². The maximum Gasteiger partial charge on any atom is 0.350 e. The molecule has 1 rings (SSSR count). The molecule has 0 aliphatic carbocycles. The first-order chi connectivity index (χ1) is 14.0. The Morgan fingerprint density at radius 2 is 1.59 bits per heavy atom. The van der Waals surface area contributed by atoms with Crippen molar-refractivity contribution in [3.63, 3.8) is 0 Å². The van der Waals surface area contributed by atoms with E-state index in [1.165, 1.54) is 37.5 Å². The van der Waals surface area contributed by atoms with E-state index in [1.54, 1.807) is 30.5 Å². The Morgan fingerprint density at radius 1 is 0.966 bits per heavy atom. The molecule has 5 nitrogen and oxygen atoms in total. The topological polar surface area (TPSA) is 63.7 Å². The van der Waals surface area contributed by atoms with Gasteiger partial charge in [0.25, 0.3) is 0 Å². The summed E-state index contributed by atoms with van der Waals surface area (Å²) in [7, 11) is -3.95. The van der Waals surface area contributed by atoms with E-state index in [1.807, 2.05) is 18.7 Å². The number of hydrogen-bond acceptors (Lipinski definition) is 5. The lowest BCUT2D eigenvalue weighted by Gasteiger charge is -2.14. The van der Waals surface area contributed by atoms with Gasteiger partial charge in [-0.05, 0) is 50.8 Å². The second kappa shape index (κ2) is 14.0. The van der Waals surface area contributed by atoms with Gasteiger partial charge in [-0.3, -0.25) is 0 Å². The zero-order valence-electron chi connectivity index (χ0n) is 18.0. The third-order valence-corrected chi connectivity index (χ3v) is 6.41. The van der Waals surface area contributed by atoms with Crippen LogP contribution in [0.3, 0.4) is 0 Å². The molecule has 0 saturated heterocycles. The number of carbonyl (C=O) groups is 1. The summed E-state index contributed by atoms with van der Waals surface area (Å²) in [6, 6.07) is 7.98. The van der Waals surface area contributed by atoms with Gasteiger partial charge in [0, 0.05) is 13.1 Å². The molecule has 1 aromatic carbocycles. The van der Waals surface area contributed by atoms with Crippen molar-refractivity contribution in [1.29, 1.82) is 0 Å². The van der Waals surface area contributed by atoms with Crippen LogP contribution in [0.2, 0.25) is 0 Å². The summed E-state index contributed by atoms with van der Waals surface area (Å²) in [5.74, 6) is -0.799. The van der Waals surface area contributed by atoms with Crippen LogP contribution in [0.1, 0.15) is 59.3 Å². The summed E-state index contributed by atoms with van der Waals surface area (Å²) in [4.78, 5) is 14.3. The maximum atomic E-state index is 13.0. The Morgan fingerprint density at radius 3 is 2.21 bits per heavy atom. The molecule has 0 aliphatic heterocycles. The number of benzene rings is 1. The summed E-state index contributed by atoms with van der Waals surface area (Å²) in [5.41, 5.74) is 0. The molecule has 0 bridgehead atoms. The van der Waals surface area contributed by atoms with Crippen LogP contribution in [-0.4, -0.2) is 39.0 Å². The Kier molecular flexibility index (Phi) is 12.0. The van der Waals surface area contributed by atoms with E-state index < -0.39 is 15.8 Å². The van der Waals surface area contributed by atoms with E-state index in [9.17, 15) is 13.2 Å². The summed E-state index contributed by atoms with van der Waals surface area (Å²) in [6.07, 6.45) is 11.1. The predicted molar refractivity (Wildman–Crippen MR) is 118 cm³/mol. The molecule has 0 amide bonds. The van der Waals surface area contributed by atoms with E-state index in [2.05, 4.69) is 6.92 Å². The first-order valence-electron chi connectivity index (χ1n) is 10.6. The summed E-state index contributed by atoms with van der Waals surface area (Å²) in [5, 5.41) is 0. The van der Waals surface area contributed by atoms with Crippen LogP contribution in [0.4, 0.5) is 0 Å². The first kappa shape index (κ1) is 25.0. The third-order valence-electron chi connectivity index (χ3n) is 4.63. The number of nitrogens with zero attached hydrogens (tertiary/aromatic N) is 1. The molecular weight excluding hydrogens is 386 g/mol. The summed E-state index contributed by atoms with van der Waals surface area (Å²) in [6.45, 7) is 8.00.